The second kappa shape index (κ2) is 9.38. The number of aromatic amines is 1. The van der Waals surface area contributed by atoms with E-state index in [2.05, 4.69) is 19.9 Å². The fourth-order valence-electron chi connectivity index (χ4n) is 4.50. The Morgan fingerprint density at radius 2 is 1.97 bits per heavy atom. The maximum Gasteiger partial charge on any atom is 0.242 e. The van der Waals surface area contributed by atoms with Crippen LogP contribution < -0.4 is 5.73 Å². The van der Waals surface area contributed by atoms with Gasteiger partial charge in [0.05, 0.1) is 17.1 Å². The molecule has 10 heteroatoms. The van der Waals surface area contributed by atoms with Gasteiger partial charge in [-0.25, -0.2) is 9.97 Å². The Morgan fingerprint density at radius 1 is 1.12 bits per heavy atom. The molecule has 0 aliphatic carbocycles. The third-order valence-electron chi connectivity index (χ3n) is 6.25. The summed E-state index contributed by atoms with van der Waals surface area (Å²) < 4.78 is 5.41. The number of piperazine rings is 1. The number of carbonyl (C=O) groups excluding carboxylic acids is 1. The van der Waals surface area contributed by atoms with Gasteiger partial charge in [0.25, 0.3) is 0 Å². The molecule has 0 spiro atoms. The van der Waals surface area contributed by atoms with Gasteiger partial charge in [-0.05, 0) is 35.9 Å². The highest BCUT2D eigenvalue weighted by molar-refractivity contribution is 6.37. The van der Waals surface area contributed by atoms with E-state index in [9.17, 15) is 4.79 Å². The lowest BCUT2D eigenvalue weighted by Gasteiger charge is -2.40. The van der Waals surface area contributed by atoms with Crippen LogP contribution >= 0.6 is 23.2 Å². The van der Waals surface area contributed by atoms with Crippen molar-refractivity contribution in [1.29, 1.82) is 0 Å². The van der Waals surface area contributed by atoms with E-state index in [1.165, 1.54) is 6.33 Å². The first kappa shape index (κ1) is 22.9. The van der Waals surface area contributed by atoms with E-state index in [-0.39, 0.29) is 5.91 Å². The number of anilines is 1. The Bertz CT molecular complexity index is 1370. The molecular weight excluding hydrogens is 475 g/mol. The Kier molecular flexibility index (Phi) is 6.31. The summed E-state index contributed by atoms with van der Waals surface area (Å²) in [6.07, 6.45) is 1.45. The first-order chi connectivity index (χ1) is 16.4. The van der Waals surface area contributed by atoms with E-state index in [4.69, 9.17) is 33.7 Å². The second-order valence-electron chi connectivity index (χ2n) is 8.42. The number of amides is 1. The number of aromatic nitrogens is 3. The molecule has 2 aromatic heterocycles. The Morgan fingerprint density at radius 3 is 2.79 bits per heavy atom. The average Bonchev–Trinajstić information content (AvgIpc) is 3.13. The van der Waals surface area contributed by atoms with Crippen molar-refractivity contribution in [2.45, 2.75) is 19.1 Å². The molecular formula is C24H24Cl2N6O2. The molecule has 0 saturated carbocycles. The third-order valence-corrected chi connectivity index (χ3v) is 6.92. The number of carbonyl (C=O) groups is 1. The van der Waals surface area contributed by atoms with Crippen molar-refractivity contribution in [3.63, 3.8) is 0 Å². The van der Waals surface area contributed by atoms with E-state index in [0.717, 1.165) is 33.1 Å². The minimum atomic E-state index is -0.414. The molecule has 8 nitrogen and oxygen atoms in total. The van der Waals surface area contributed by atoms with Gasteiger partial charge in [0, 0.05) is 60.3 Å². The molecule has 0 radical (unpaired) electrons. The second-order valence-corrected chi connectivity index (χ2v) is 9.23. The van der Waals surface area contributed by atoms with Gasteiger partial charge in [0.15, 0.2) is 0 Å². The molecule has 3 heterocycles. The number of H-pyrrole nitrogens is 1. The highest BCUT2D eigenvalue weighted by atomic mass is 35.5. The van der Waals surface area contributed by atoms with Crippen molar-refractivity contribution < 1.29 is 9.53 Å². The molecule has 3 N–H and O–H groups in total. The number of nitrogens with one attached hydrogen (secondary N) is 1. The average molecular weight is 499 g/mol. The molecule has 1 fully saturated rings. The largest absolute Gasteiger partial charge is 0.383 e. The van der Waals surface area contributed by atoms with Gasteiger partial charge in [-0.3, -0.25) is 9.69 Å². The monoisotopic (exact) mass is 498 g/mol. The van der Waals surface area contributed by atoms with Gasteiger partial charge < -0.3 is 20.4 Å². The third kappa shape index (κ3) is 4.30. The summed E-state index contributed by atoms with van der Waals surface area (Å²) in [5.74, 6) is 0.463. The van der Waals surface area contributed by atoms with E-state index in [0.29, 0.717) is 48.6 Å². The van der Waals surface area contributed by atoms with Crippen LogP contribution in [0, 0.1) is 0 Å². The first-order valence-corrected chi connectivity index (χ1v) is 11.7. The lowest BCUT2D eigenvalue weighted by molar-refractivity contribution is -0.145. The number of methoxy groups -OCH3 is 1. The zero-order valence-corrected chi connectivity index (χ0v) is 20.1. The van der Waals surface area contributed by atoms with Crippen LogP contribution in [0.2, 0.25) is 10.0 Å². The Labute approximate surface area is 206 Å². The molecule has 34 heavy (non-hydrogen) atoms. The van der Waals surface area contributed by atoms with Crippen LogP contribution in [0.4, 0.5) is 5.82 Å². The number of fused-ring (bicyclic) bond motifs is 2. The fourth-order valence-corrected chi connectivity index (χ4v) is 4.94. The predicted octanol–water partition coefficient (Wildman–Crippen LogP) is 3.86. The van der Waals surface area contributed by atoms with Crippen LogP contribution in [0.15, 0.2) is 42.7 Å². The lowest BCUT2D eigenvalue weighted by atomic mass is 10.1. The molecule has 1 atom stereocenters. The van der Waals surface area contributed by atoms with Crippen molar-refractivity contribution in [1.82, 2.24) is 24.8 Å². The summed E-state index contributed by atoms with van der Waals surface area (Å²) >= 11 is 12.8. The zero-order chi connectivity index (χ0) is 23.8. The number of halogens is 2. The van der Waals surface area contributed by atoms with Gasteiger partial charge in [-0.2, -0.15) is 0 Å². The summed E-state index contributed by atoms with van der Waals surface area (Å²) in [7, 11) is 1.61. The number of hydrogen-bond acceptors (Lipinski definition) is 6. The number of hydrogen-bond donors (Lipinski definition) is 2. The smallest absolute Gasteiger partial charge is 0.242 e. The normalized spacial score (nSPS) is 17.2. The van der Waals surface area contributed by atoms with E-state index in [1.54, 1.807) is 7.11 Å². The number of ether oxygens (including phenoxy) is 1. The van der Waals surface area contributed by atoms with E-state index >= 15 is 0 Å². The highest BCUT2D eigenvalue weighted by Crippen LogP contribution is 2.31. The van der Waals surface area contributed by atoms with Crippen LogP contribution in [0.1, 0.15) is 11.3 Å². The molecule has 1 saturated heterocycles. The van der Waals surface area contributed by atoms with Crippen molar-refractivity contribution in [3.05, 3.63) is 64.0 Å². The molecule has 0 bridgehead atoms. The van der Waals surface area contributed by atoms with Crippen LogP contribution in [0.5, 0.6) is 0 Å². The van der Waals surface area contributed by atoms with E-state index < -0.39 is 6.04 Å². The minimum Gasteiger partial charge on any atom is -0.383 e. The molecule has 5 rings (SSSR count). The maximum atomic E-state index is 13.4. The zero-order valence-electron chi connectivity index (χ0n) is 18.6. The molecule has 1 amide bonds. The fraction of sp³-hybridized carbons (Fsp3) is 0.292. The molecule has 4 aromatic rings. The van der Waals surface area contributed by atoms with Crippen molar-refractivity contribution >= 4 is 56.7 Å². The topological polar surface area (TPSA) is 100 Å². The summed E-state index contributed by atoms with van der Waals surface area (Å²) in [5.41, 5.74) is 9.45. The van der Waals surface area contributed by atoms with Gasteiger partial charge in [-0.1, -0.05) is 29.3 Å². The van der Waals surface area contributed by atoms with E-state index in [1.807, 2.05) is 41.3 Å². The van der Waals surface area contributed by atoms with Crippen LogP contribution in [-0.2, 0) is 22.6 Å². The number of nitrogens with two attached hydrogens (primary N) is 1. The first-order valence-electron chi connectivity index (χ1n) is 10.9. The van der Waals surface area contributed by atoms with Crippen molar-refractivity contribution in [3.8, 4) is 0 Å². The molecule has 2 aromatic carbocycles. The number of nitrogen functional groups attached to an aromatic ring is 1. The Hall–Kier alpha value is -2.91. The SMILES string of the molecule is COC[C@H]1C(=O)N(Cc2ccc3c(N)ncnc3c2)CCN1Cc1[nH]c2ccc(Cl)cc2c1Cl. The molecule has 1 aliphatic rings. The highest BCUT2D eigenvalue weighted by Gasteiger charge is 2.35. The Balaban J connectivity index is 1.35. The van der Waals surface area contributed by atoms with Crippen LogP contribution in [-0.4, -0.2) is 63.5 Å². The number of benzene rings is 2. The molecule has 0 unspecified atom stereocenters. The van der Waals surface area contributed by atoms with Gasteiger partial charge >= 0.3 is 0 Å². The quantitative estimate of drug-likeness (QED) is 0.418. The van der Waals surface area contributed by atoms with Crippen LogP contribution in [0.3, 0.4) is 0 Å². The summed E-state index contributed by atoms with van der Waals surface area (Å²) in [6.45, 7) is 2.56. The van der Waals surface area contributed by atoms with Gasteiger partial charge in [0.2, 0.25) is 5.91 Å². The van der Waals surface area contributed by atoms with Gasteiger partial charge in [0.1, 0.15) is 18.2 Å². The van der Waals surface area contributed by atoms with Crippen molar-refractivity contribution in [2.75, 3.05) is 32.5 Å². The predicted molar refractivity (Wildman–Crippen MR) is 134 cm³/mol. The summed E-state index contributed by atoms with van der Waals surface area (Å²) in [6, 6.07) is 11.0. The number of nitrogens with zero attached hydrogens (tertiary/aromatic N) is 4. The van der Waals surface area contributed by atoms with Crippen molar-refractivity contribution in [2.24, 2.45) is 0 Å². The molecule has 176 valence electrons. The van der Waals surface area contributed by atoms with Gasteiger partial charge in [-0.15, -0.1) is 0 Å². The molecule has 1 aliphatic heterocycles. The van der Waals surface area contributed by atoms with Crippen LogP contribution in [0.25, 0.3) is 21.8 Å². The summed E-state index contributed by atoms with van der Waals surface area (Å²) in [4.78, 5) is 29.1. The lowest BCUT2D eigenvalue weighted by Crippen LogP contribution is -2.57. The summed E-state index contributed by atoms with van der Waals surface area (Å²) in [5, 5.41) is 2.93. The minimum absolute atomic E-state index is 0.0191. The number of rotatable bonds is 6. The maximum absolute atomic E-state index is 13.4. The standard InChI is InChI=1S/C24H24Cl2N6O2/c1-34-12-21-24(33)32(10-14-2-4-16-19(8-14)28-13-29-23(16)27)7-6-31(21)11-20-22(26)17-9-15(25)3-5-18(17)30-20/h2-5,8-9,13,21,30H,6-7,10-12H2,1H3,(H2,27,28,29)/t21-/m0/s1.